The van der Waals surface area contributed by atoms with Crippen molar-refractivity contribution in [2.24, 2.45) is 11.7 Å². The summed E-state index contributed by atoms with van der Waals surface area (Å²) in [6, 6.07) is 5.80. The van der Waals surface area contributed by atoms with Crippen molar-refractivity contribution in [3.05, 3.63) is 29.3 Å². The molecule has 1 fully saturated rings. The second-order valence-electron chi connectivity index (χ2n) is 4.30. The summed E-state index contributed by atoms with van der Waals surface area (Å²) >= 11 is 0. The molecule has 0 saturated heterocycles. The first-order chi connectivity index (χ1) is 8.20. The molecule has 3 N–H and O–H groups in total. The molecule has 3 nitrogen and oxygen atoms in total. The van der Waals surface area contributed by atoms with E-state index in [9.17, 15) is 4.79 Å². The molecule has 3 heteroatoms. The van der Waals surface area contributed by atoms with Gasteiger partial charge in [0.1, 0.15) is 0 Å². The lowest BCUT2D eigenvalue weighted by Gasteiger charge is -2.08. The molecule has 1 aromatic carbocycles. The maximum Gasteiger partial charge on any atom is 0.227 e. The Kier molecular flexibility index (Phi) is 3.46. The number of carbonyl (C=O) groups excluding carboxylic acids is 1. The van der Waals surface area contributed by atoms with Gasteiger partial charge >= 0.3 is 0 Å². The minimum absolute atomic E-state index is 0.122. The van der Waals surface area contributed by atoms with Crippen molar-refractivity contribution >= 4 is 11.6 Å². The molecule has 17 heavy (non-hydrogen) atoms. The van der Waals surface area contributed by atoms with E-state index in [1.807, 2.05) is 25.1 Å². The van der Waals surface area contributed by atoms with E-state index in [0.29, 0.717) is 6.54 Å². The predicted molar refractivity (Wildman–Crippen MR) is 68.5 cm³/mol. The number of nitrogens with one attached hydrogen (secondary N) is 1. The normalized spacial score (nSPS) is 13.8. The number of anilines is 1. The van der Waals surface area contributed by atoms with E-state index in [2.05, 4.69) is 17.2 Å². The monoisotopic (exact) mass is 228 g/mol. The third-order valence-corrected chi connectivity index (χ3v) is 2.78. The predicted octanol–water partition coefficient (Wildman–Crippen LogP) is 1.65. The van der Waals surface area contributed by atoms with E-state index in [1.54, 1.807) is 0 Å². The maximum atomic E-state index is 11.7. The van der Waals surface area contributed by atoms with Crippen LogP contribution in [0.15, 0.2) is 18.2 Å². The highest BCUT2D eigenvalue weighted by Crippen LogP contribution is 2.30. The first-order valence-corrected chi connectivity index (χ1v) is 5.81. The van der Waals surface area contributed by atoms with Crippen LogP contribution >= 0.6 is 0 Å². The van der Waals surface area contributed by atoms with Gasteiger partial charge in [-0.25, -0.2) is 0 Å². The second-order valence-corrected chi connectivity index (χ2v) is 4.30. The Labute approximate surface area is 101 Å². The van der Waals surface area contributed by atoms with E-state index in [1.165, 1.54) is 0 Å². The average molecular weight is 228 g/mol. The van der Waals surface area contributed by atoms with Crippen molar-refractivity contribution < 1.29 is 4.79 Å². The topological polar surface area (TPSA) is 55.1 Å². The Bertz CT molecular complexity index is 493. The van der Waals surface area contributed by atoms with Crippen LogP contribution in [0.1, 0.15) is 24.0 Å². The van der Waals surface area contributed by atoms with Gasteiger partial charge in [0, 0.05) is 17.2 Å². The highest BCUT2D eigenvalue weighted by molar-refractivity contribution is 5.94. The zero-order valence-corrected chi connectivity index (χ0v) is 9.92. The summed E-state index contributed by atoms with van der Waals surface area (Å²) in [7, 11) is 0. The molecule has 88 valence electrons. The van der Waals surface area contributed by atoms with Gasteiger partial charge in [-0.05, 0) is 37.5 Å². The molecule has 0 aromatic heterocycles. The third kappa shape index (κ3) is 3.08. The van der Waals surface area contributed by atoms with Crippen LogP contribution in [0, 0.1) is 24.7 Å². The van der Waals surface area contributed by atoms with Gasteiger partial charge in [-0.15, -0.1) is 0 Å². The van der Waals surface area contributed by atoms with Crippen molar-refractivity contribution in [1.82, 2.24) is 0 Å². The Morgan fingerprint density at radius 1 is 1.53 bits per heavy atom. The molecular formula is C14H16N2O. The molecule has 1 saturated carbocycles. The van der Waals surface area contributed by atoms with Crippen molar-refractivity contribution in [3.8, 4) is 11.8 Å². The molecular weight excluding hydrogens is 212 g/mol. The Balaban J connectivity index is 2.16. The van der Waals surface area contributed by atoms with E-state index >= 15 is 0 Å². The van der Waals surface area contributed by atoms with E-state index < -0.39 is 0 Å². The SMILES string of the molecule is Cc1ccc(C#CCN)cc1NC(=O)C1CC1. The zero-order valence-electron chi connectivity index (χ0n) is 9.92. The average Bonchev–Trinajstić information content (AvgIpc) is 3.14. The summed E-state index contributed by atoms with van der Waals surface area (Å²) in [5.41, 5.74) is 8.12. The summed E-state index contributed by atoms with van der Waals surface area (Å²) in [4.78, 5) is 11.7. The number of amides is 1. The summed E-state index contributed by atoms with van der Waals surface area (Å²) in [5, 5.41) is 2.95. The van der Waals surface area contributed by atoms with Gasteiger partial charge in [-0.2, -0.15) is 0 Å². The summed E-state index contributed by atoms with van der Waals surface area (Å²) in [6.45, 7) is 2.32. The smallest absolute Gasteiger partial charge is 0.227 e. The van der Waals surface area contributed by atoms with Gasteiger partial charge in [-0.1, -0.05) is 17.9 Å². The van der Waals surface area contributed by atoms with Gasteiger partial charge < -0.3 is 11.1 Å². The minimum atomic E-state index is 0.122. The molecule has 1 aromatic rings. The van der Waals surface area contributed by atoms with Crippen molar-refractivity contribution in [1.29, 1.82) is 0 Å². The first-order valence-electron chi connectivity index (χ1n) is 5.81. The molecule has 0 spiro atoms. The van der Waals surface area contributed by atoms with Gasteiger partial charge in [0.25, 0.3) is 0 Å². The third-order valence-electron chi connectivity index (χ3n) is 2.78. The molecule has 1 aliphatic rings. The van der Waals surface area contributed by atoms with Crippen LogP contribution in [0.4, 0.5) is 5.69 Å². The molecule has 2 rings (SSSR count). The molecule has 0 aliphatic heterocycles. The quantitative estimate of drug-likeness (QED) is 0.756. The molecule has 0 bridgehead atoms. The van der Waals surface area contributed by atoms with Gasteiger partial charge in [0.15, 0.2) is 0 Å². The lowest BCUT2D eigenvalue weighted by molar-refractivity contribution is -0.117. The fourth-order valence-electron chi connectivity index (χ4n) is 1.57. The minimum Gasteiger partial charge on any atom is -0.326 e. The molecule has 0 radical (unpaired) electrons. The number of benzene rings is 1. The van der Waals surface area contributed by atoms with Crippen LogP contribution in [0.2, 0.25) is 0 Å². The van der Waals surface area contributed by atoms with Crippen LogP contribution in [0.5, 0.6) is 0 Å². The largest absolute Gasteiger partial charge is 0.326 e. The number of rotatable bonds is 2. The summed E-state index contributed by atoms with van der Waals surface area (Å²) in [6.07, 6.45) is 2.02. The lowest BCUT2D eigenvalue weighted by Crippen LogP contribution is -2.14. The Morgan fingerprint density at radius 3 is 2.94 bits per heavy atom. The molecule has 0 heterocycles. The Morgan fingerprint density at radius 2 is 2.29 bits per heavy atom. The van der Waals surface area contributed by atoms with Gasteiger partial charge in [0.2, 0.25) is 5.91 Å². The van der Waals surface area contributed by atoms with Crippen molar-refractivity contribution in [2.45, 2.75) is 19.8 Å². The highest BCUT2D eigenvalue weighted by Gasteiger charge is 2.29. The summed E-state index contributed by atoms with van der Waals surface area (Å²) in [5.74, 6) is 6.11. The summed E-state index contributed by atoms with van der Waals surface area (Å²) < 4.78 is 0. The van der Waals surface area contributed by atoms with Crippen LogP contribution in [-0.4, -0.2) is 12.5 Å². The van der Waals surface area contributed by atoms with Crippen LogP contribution in [0.3, 0.4) is 0 Å². The van der Waals surface area contributed by atoms with Crippen LogP contribution in [-0.2, 0) is 4.79 Å². The Hall–Kier alpha value is -1.79. The molecule has 0 unspecified atom stereocenters. The zero-order chi connectivity index (χ0) is 12.3. The van der Waals surface area contributed by atoms with E-state index in [4.69, 9.17) is 5.73 Å². The number of hydrogen-bond donors (Lipinski definition) is 2. The maximum absolute atomic E-state index is 11.7. The van der Waals surface area contributed by atoms with Crippen molar-refractivity contribution in [3.63, 3.8) is 0 Å². The second kappa shape index (κ2) is 5.03. The van der Waals surface area contributed by atoms with E-state index in [-0.39, 0.29) is 11.8 Å². The molecule has 1 aliphatic carbocycles. The van der Waals surface area contributed by atoms with Crippen LogP contribution < -0.4 is 11.1 Å². The number of aryl methyl sites for hydroxylation is 1. The number of hydrogen-bond acceptors (Lipinski definition) is 2. The number of nitrogens with two attached hydrogens (primary N) is 1. The lowest BCUT2D eigenvalue weighted by atomic mass is 10.1. The van der Waals surface area contributed by atoms with Crippen LogP contribution in [0.25, 0.3) is 0 Å². The molecule has 1 amide bonds. The van der Waals surface area contributed by atoms with Crippen molar-refractivity contribution in [2.75, 3.05) is 11.9 Å². The fraction of sp³-hybridized carbons (Fsp3) is 0.357. The standard InChI is InChI=1S/C14H16N2O/c1-10-4-5-11(3-2-8-15)9-13(10)16-14(17)12-6-7-12/h4-5,9,12H,6-8,15H2,1H3,(H,16,17). The van der Waals surface area contributed by atoms with E-state index in [0.717, 1.165) is 29.7 Å². The first kappa shape index (κ1) is 11.7. The van der Waals surface area contributed by atoms with Gasteiger partial charge in [0.05, 0.1) is 6.54 Å². The highest BCUT2D eigenvalue weighted by atomic mass is 16.2. The van der Waals surface area contributed by atoms with Gasteiger partial charge in [-0.3, -0.25) is 4.79 Å². The molecule has 0 atom stereocenters. The fourth-order valence-corrected chi connectivity index (χ4v) is 1.57. The number of carbonyl (C=O) groups is 1.